The van der Waals surface area contributed by atoms with Gasteiger partial charge in [0.2, 0.25) is 0 Å². The van der Waals surface area contributed by atoms with Crippen LogP contribution in [-0.4, -0.2) is 33.7 Å². The lowest BCUT2D eigenvalue weighted by Crippen LogP contribution is -3.00. The van der Waals surface area contributed by atoms with E-state index in [2.05, 4.69) is 40.7 Å². The lowest BCUT2D eigenvalue weighted by Gasteiger charge is -2.22. The molecule has 0 aliphatic carbocycles. The van der Waals surface area contributed by atoms with E-state index in [1.54, 1.807) is 11.3 Å². The van der Waals surface area contributed by atoms with Crippen molar-refractivity contribution in [2.45, 2.75) is 19.1 Å². The van der Waals surface area contributed by atoms with Crippen LogP contribution >= 0.6 is 23.1 Å². The smallest absolute Gasteiger partial charge is 0.316 e. The summed E-state index contributed by atoms with van der Waals surface area (Å²) in [6.07, 6.45) is 1.11. The van der Waals surface area contributed by atoms with Gasteiger partial charge < -0.3 is 22.1 Å². The third-order valence-electron chi connectivity index (χ3n) is 4.37. The molecule has 4 rings (SSSR count). The lowest BCUT2D eigenvalue weighted by atomic mass is 10.1. The van der Waals surface area contributed by atoms with E-state index in [9.17, 15) is 5.11 Å². The number of aryl methyl sites for hydroxylation is 1. The van der Waals surface area contributed by atoms with E-state index in [4.69, 9.17) is 0 Å². The first-order valence-corrected chi connectivity index (χ1v) is 9.43. The van der Waals surface area contributed by atoms with E-state index in [1.165, 1.54) is 16.4 Å². The monoisotopic (exact) mass is 410 g/mol. The normalized spacial score (nSPS) is 23.7. The van der Waals surface area contributed by atoms with Gasteiger partial charge in [0.25, 0.3) is 5.72 Å². The van der Waals surface area contributed by atoms with Crippen LogP contribution in [0.5, 0.6) is 0 Å². The molecule has 2 aliphatic rings. The number of nitrogens with zero attached hydrogens (tertiary/aromatic N) is 2. The van der Waals surface area contributed by atoms with Crippen LogP contribution in [0.15, 0.2) is 41.8 Å². The van der Waals surface area contributed by atoms with Crippen LogP contribution in [0.4, 0.5) is 5.69 Å². The molecule has 6 heteroatoms. The van der Waals surface area contributed by atoms with Crippen molar-refractivity contribution in [2.75, 3.05) is 23.7 Å². The summed E-state index contributed by atoms with van der Waals surface area (Å²) < 4.78 is 2.19. The molecule has 0 radical (unpaired) electrons. The molecule has 122 valence electrons. The fourth-order valence-corrected chi connectivity index (χ4v) is 5.27. The molecule has 1 atom stereocenters. The van der Waals surface area contributed by atoms with Crippen LogP contribution in [0.1, 0.15) is 16.9 Å². The molecule has 23 heavy (non-hydrogen) atoms. The number of halogens is 1. The molecule has 1 unspecified atom stereocenters. The zero-order valence-corrected chi connectivity index (χ0v) is 16.1. The summed E-state index contributed by atoms with van der Waals surface area (Å²) in [6.45, 7) is 3.65. The Balaban J connectivity index is 0.00000156. The predicted octanol–water partition coefficient (Wildman–Crippen LogP) is 0.231. The van der Waals surface area contributed by atoms with Gasteiger partial charge in [-0.1, -0.05) is 24.3 Å². The van der Waals surface area contributed by atoms with Crippen molar-refractivity contribution in [3.8, 4) is 0 Å². The third-order valence-corrected chi connectivity index (χ3v) is 6.57. The molecular formula is C17H19BrN2OS2. The van der Waals surface area contributed by atoms with Gasteiger partial charge in [-0.05, 0) is 48.2 Å². The molecule has 0 spiro atoms. The molecule has 2 aromatic rings. The van der Waals surface area contributed by atoms with Gasteiger partial charge in [-0.15, -0.1) is 11.3 Å². The maximum Gasteiger partial charge on any atom is 0.316 e. The number of β-amino-alcohol motifs (C(OH)–C–C–N with tert-alkyl or cyclic N) is 1. The highest BCUT2D eigenvalue weighted by molar-refractivity contribution is 8.13. The molecule has 3 nitrogen and oxygen atoms in total. The van der Waals surface area contributed by atoms with Crippen LogP contribution in [0.25, 0.3) is 0 Å². The first-order valence-electron chi connectivity index (χ1n) is 7.57. The highest BCUT2D eigenvalue weighted by Crippen LogP contribution is 2.39. The minimum atomic E-state index is -0.904. The molecule has 2 aliphatic heterocycles. The molecule has 1 aromatic heterocycles. The first kappa shape index (κ1) is 17.0. The highest BCUT2D eigenvalue weighted by atomic mass is 79.9. The zero-order valence-electron chi connectivity index (χ0n) is 12.9. The number of anilines is 1. The summed E-state index contributed by atoms with van der Waals surface area (Å²) in [5.74, 6) is 1.12. The number of thiophene rings is 1. The number of rotatable bonds is 2. The van der Waals surface area contributed by atoms with Crippen molar-refractivity contribution < 1.29 is 26.7 Å². The van der Waals surface area contributed by atoms with Gasteiger partial charge in [0, 0.05) is 5.75 Å². The second kappa shape index (κ2) is 6.59. The third kappa shape index (κ3) is 2.76. The second-order valence-electron chi connectivity index (χ2n) is 5.80. The van der Waals surface area contributed by atoms with Crippen LogP contribution in [0, 0.1) is 6.92 Å². The van der Waals surface area contributed by atoms with E-state index in [1.807, 2.05) is 29.3 Å². The molecule has 0 fully saturated rings. The molecule has 1 N–H and O–H groups in total. The van der Waals surface area contributed by atoms with Crippen molar-refractivity contribution in [1.82, 2.24) is 0 Å². The van der Waals surface area contributed by atoms with E-state index in [-0.39, 0.29) is 17.0 Å². The Bertz CT molecular complexity index is 732. The summed E-state index contributed by atoms with van der Waals surface area (Å²) in [7, 11) is 0. The van der Waals surface area contributed by atoms with Crippen molar-refractivity contribution in [2.24, 2.45) is 0 Å². The zero-order chi connectivity index (χ0) is 15.2. The Labute approximate surface area is 155 Å². The molecule has 0 saturated carbocycles. The Morgan fingerprint density at radius 1 is 1.22 bits per heavy atom. The van der Waals surface area contributed by atoms with Gasteiger partial charge in [0.15, 0.2) is 6.54 Å². The number of aliphatic hydroxyl groups is 1. The number of benzene rings is 1. The number of hydrogen-bond acceptors (Lipinski definition) is 4. The molecule has 0 amide bonds. The quantitative estimate of drug-likeness (QED) is 0.717. The Kier molecular flexibility index (Phi) is 4.88. The Hall–Kier alpha value is -0.820. The number of amidine groups is 1. The first-order chi connectivity index (χ1) is 10.7. The predicted molar refractivity (Wildman–Crippen MR) is 94.0 cm³/mol. The van der Waals surface area contributed by atoms with Crippen LogP contribution in [0.2, 0.25) is 0 Å². The van der Waals surface area contributed by atoms with Crippen LogP contribution in [0.3, 0.4) is 0 Å². The fraction of sp³-hybridized carbons (Fsp3) is 0.353. The van der Waals surface area contributed by atoms with Crippen molar-refractivity contribution >= 4 is 34.0 Å². The van der Waals surface area contributed by atoms with Crippen molar-refractivity contribution in [3.63, 3.8) is 0 Å². The van der Waals surface area contributed by atoms with E-state index >= 15 is 0 Å². The summed E-state index contributed by atoms with van der Waals surface area (Å²) >= 11 is 3.49. The lowest BCUT2D eigenvalue weighted by molar-refractivity contribution is -0.655. The standard InChI is InChI=1S/C17H19N2OS2.BrH/c1-13-6-2-3-7-14(13)18-12-17(20,15-8-4-10-21-15)19-9-5-11-22-16(18)19;/h2-4,6-8,10,20H,5,9,11-12H2,1H3;1H/q+1;/p-1. The average molecular weight is 411 g/mol. The number of hydrogen-bond donors (Lipinski definition) is 1. The van der Waals surface area contributed by atoms with Crippen molar-refractivity contribution in [1.29, 1.82) is 0 Å². The minimum Gasteiger partial charge on any atom is -1.00 e. The van der Waals surface area contributed by atoms with E-state index in [0.717, 1.165) is 23.6 Å². The van der Waals surface area contributed by atoms with Crippen LogP contribution in [-0.2, 0) is 5.72 Å². The topological polar surface area (TPSA) is 26.5 Å². The van der Waals surface area contributed by atoms with Gasteiger partial charge in [0.05, 0.1) is 11.4 Å². The summed E-state index contributed by atoms with van der Waals surface area (Å²) in [6, 6.07) is 12.5. The van der Waals surface area contributed by atoms with Crippen LogP contribution < -0.4 is 21.9 Å². The number of para-hydroxylation sites is 1. The Morgan fingerprint density at radius 2 is 2.04 bits per heavy atom. The highest BCUT2D eigenvalue weighted by Gasteiger charge is 2.54. The fourth-order valence-electron chi connectivity index (χ4n) is 3.27. The van der Waals surface area contributed by atoms with Crippen molar-refractivity contribution in [3.05, 3.63) is 52.2 Å². The molecule has 1 aromatic carbocycles. The molecule has 0 saturated heterocycles. The molecule has 0 bridgehead atoms. The van der Waals surface area contributed by atoms with E-state index in [0.29, 0.717) is 6.54 Å². The SMILES string of the molecule is Cc1ccccc1N1CC(O)(c2cccs2)[N+]2=C1SCCC2.[Br-]. The van der Waals surface area contributed by atoms with Gasteiger partial charge in [-0.2, -0.15) is 0 Å². The Morgan fingerprint density at radius 3 is 2.78 bits per heavy atom. The summed E-state index contributed by atoms with van der Waals surface area (Å²) in [4.78, 5) is 3.32. The molecular weight excluding hydrogens is 392 g/mol. The summed E-state index contributed by atoms with van der Waals surface area (Å²) in [5, 5.41) is 14.7. The van der Waals surface area contributed by atoms with E-state index < -0.39 is 5.72 Å². The maximum atomic E-state index is 11.4. The van der Waals surface area contributed by atoms with Gasteiger partial charge >= 0.3 is 5.17 Å². The minimum absolute atomic E-state index is 0. The average Bonchev–Trinajstić information content (AvgIpc) is 3.16. The van der Waals surface area contributed by atoms with Gasteiger partial charge in [-0.25, -0.2) is 9.48 Å². The second-order valence-corrected chi connectivity index (χ2v) is 7.81. The molecule has 3 heterocycles. The largest absolute Gasteiger partial charge is 1.00 e. The van der Waals surface area contributed by atoms with Gasteiger partial charge in [-0.3, -0.25) is 0 Å². The number of thioether (sulfide) groups is 1. The maximum absolute atomic E-state index is 11.4. The summed E-state index contributed by atoms with van der Waals surface area (Å²) in [5.41, 5.74) is 1.54. The van der Waals surface area contributed by atoms with Gasteiger partial charge in [0.1, 0.15) is 5.69 Å².